The number of hydrogen-bond donors (Lipinski definition) is 1. The molecule has 1 N–H and O–H groups in total. The zero-order chi connectivity index (χ0) is 13.8. The van der Waals surface area contributed by atoms with Crippen LogP contribution in [0.2, 0.25) is 0 Å². The van der Waals surface area contributed by atoms with Crippen LogP contribution < -0.4 is 5.32 Å². The normalized spacial score (nSPS) is 16.6. The van der Waals surface area contributed by atoms with Gasteiger partial charge in [-0.05, 0) is 13.8 Å². The molecule has 0 radical (unpaired) electrons. The van der Waals surface area contributed by atoms with Crippen molar-refractivity contribution in [1.82, 2.24) is 20.3 Å². The molecule has 1 amide bonds. The molecular formula is C13H22N4O2. The molecule has 0 bridgehead atoms. The number of amides is 1. The third-order valence-electron chi connectivity index (χ3n) is 3.57. The number of hydrogen-bond acceptors (Lipinski definition) is 5. The second kappa shape index (κ2) is 6.16. The Morgan fingerprint density at radius 3 is 2.68 bits per heavy atom. The molecule has 0 aromatic carbocycles. The number of nitrogens with one attached hydrogen (secondary N) is 1. The minimum absolute atomic E-state index is 0.141. The molecule has 1 fully saturated rings. The number of rotatable bonds is 4. The van der Waals surface area contributed by atoms with Crippen molar-refractivity contribution in [2.45, 2.75) is 20.4 Å². The first-order chi connectivity index (χ1) is 9.08. The highest BCUT2D eigenvalue weighted by atomic mass is 16.5. The van der Waals surface area contributed by atoms with E-state index in [1.165, 1.54) is 0 Å². The molecule has 0 saturated carbocycles. The average molecular weight is 266 g/mol. The van der Waals surface area contributed by atoms with Crippen molar-refractivity contribution >= 4 is 5.91 Å². The zero-order valence-electron chi connectivity index (χ0n) is 11.9. The second-order valence-corrected chi connectivity index (χ2v) is 5.08. The summed E-state index contributed by atoms with van der Waals surface area (Å²) in [4.78, 5) is 16.1. The van der Waals surface area contributed by atoms with Gasteiger partial charge in [-0.25, -0.2) is 0 Å². The number of aromatic nitrogens is 1. The third kappa shape index (κ3) is 3.54. The first-order valence-corrected chi connectivity index (χ1v) is 6.66. The van der Waals surface area contributed by atoms with Crippen LogP contribution in [-0.4, -0.2) is 60.6 Å². The maximum absolute atomic E-state index is 12.2. The van der Waals surface area contributed by atoms with E-state index >= 15 is 0 Å². The molecule has 2 heterocycles. The van der Waals surface area contributed by atoms with Gasteiger partial charge in [0.05, 0.1) is 18.8 Å². The number of carbonyl (C=O) groups is 1. The van der Waals surface area contributed by atoms with Gasteiger partial charge in [0.25, 0.3) is 0 Å². The van der Waals surface area contributed by atoms with Gasteiger partial charge in [-0.15, -0.1) is 0 Å². The fourth-order valence-corrected chi connectivity index (χ4v) is 2.23. The van der Waals surface area contributed by atoms with Crippen LogP contribution in [0.15, 0.2) is 4.52 Å². The Kier molecular flexibility index (Phi) is 4.55. The van der Waals surface area contributed by atoms with Crippen LogP contribution in [-0.2, 0) is 11.3 Å². The number of nitrogens with zero attached hydrogens (tertiary/aromatic N) is 3. The predicted octanol–water partition coefficient (Wildman–Crippen LogP) is 0.155. The Hall–Kier alpha value is -1.40. The van der Waals surface area contributed by atoms with Crippen LogP contribution in [0.25, 0.3) is 0 Å². The summed E-state index contributed by atoms with van der Waals surface area (Å²) in [5.74, 6) is 0.932. The quantitative estimate of drug-likeness (QED) is 0.841. The number of carbonyl (C=O) groups excluding carboxylic acids is 1. The molecule has 2 rings (SSSR count). The van der Waals surface area contributed by atoms with E-state index in [1.807, 2.05) is 20.9 Å². The highest BCUT2D eigenvalue weighted by molar-refractivity contribution is 5.78. The van der Waals surface area contributed by atoms with Gasteiger partial charge in [-0.1, -0.05) is 5.16 Å². The summed E-state index contributed by atoms with van der Waals surface area (Å²) >= 11 is 0. The van der Waals surface area contributed by atoms with E-state index in [1.54, 1.807) is 4.90 Å². The molecule has 1 aromatic heterocycles. The summed E-state index contributed by atoms with van der Waals surface area (Å²) < 4.78 is 5.12. The monoisotopic (exact) mass is 266 g/mol. The smallest absolute Gasteiger partial charge is 0.236 e. The largest absolute Gasteiger partial charge is 0.361 e. The Bertz CT molecular complexity index is 418. The van der Waals surface area contributed by atoms with E-state index < -0.39 is 0 Å². The molecule has 19 heavy (non-hydrogen) atoms. The van der Waals surface area contributed by atoms with Gasteiger partial charge in [0.1, 0.15) is 5.76 Å². The lowest BCUT2D eigenvalue weighted by atomic mass is 10.2. The first-order valence-electron chi connectivity index (χ1n) is 6.66. The highest BCUT2D eigenvalue weighted by Gasteiger charge is 2.18. The maximum atomic E-state index is 12.2. The second-order valence-electron chi connectivity index (χ2n) is 5.08. The van der Waals surface area contributed by atoms with Crippen molar-refractivity contribution in [2.24, 2.45) is 0 Å². The molecule has 6 heteroatoms. The molecule has 1 aliphatic rings. The lowest BCUT2D eigenvalue weighted by molar-refractivity contribution is -0.131. The lowest BCUT2D eigenvalue weighted by Gasteiger charge is -2.28. The van der Waals surface area contributed by atoms with Crippen molar-refractivity contribution < 1.29 is 9.32 Å². The molecule has 1 aliphatic heterocycles. The summed E-state index contributed by atoms with van der Waals surface area (Å²) in [5.41, 5.74) is 1.87. The topological polar surface area (TPSA) is 61.6 Å². The summed E-state index contributed by atoms with van der Waals surface area (Å²) in [5, 5.41) is 7.19. The summed E-state index contributed by atoms with van der Waals surface area (Å²) in [7, 11) is 1.83. The van der Waals surface area contributed by atoms with Gasteiger partial charge in [-0.2, -0.15) is 0 Å². The van der Waals surface area contributed by atoms with Gasteiger partial charge in [-0.3, -0.25) is 9.69 Å². The molecule has 1 aromatic rings. The molecular weight excluding hydrogens is 244 g/mol. The fourth-order valence-electron chi connectivity index (χ4n) is 2.23. The first kappa shape index (κ1) is 14.0. The summed E-state index contributed by atoms with van der Waals surface area (Å²) in [6.07, 6.45) is 0. The Labute approximate surface area is 113 Å². The molecule has 0 aliphatic carbocycles. The van der Waals surface area contributed by atoms with E-state index in [2.05, 4.69) is 15.4 Å². The van der Waals surface area contributed by atoms with Crippen molar-refractivity contribution in [3.8, 4) is 0 Å². The van der Waals surface area contributed by atoms with Crippen LogP contribution in [0.4, 0.5) is 0 Å². The zero-order valence-corrected chi connectivity index (χ0v) is 11.9. The van der Waals surface area contributed by atoms with Gasteiger partial charge in [0.2, 0.25) is 5.91 Å². The molecule has 1 saturated heterocycles. The van der Waals surface area contributed by atoms with E-state index in [-0.39, 0.29) is 5.91 Å². The van der Waals surface area contributed by atoms with Gasteiger partial charge in [0.15, 0.2) is 0 Å². The average Bonchev–Trinajstić information content (AvgIpc) is 2.71. The highest BCUT2D eigenvalue weighted by Crippen LogP contribution is 2.14. The van der Waals surface area contributed by atoms with Gasteiger partial charge in [0, 0.05) is 38.8 Å². The van der Waals surface area contributed by atoms with Crippen molar-refractivity contribution in [1.29, 1.82) is 0 Å². The van der Waals surface area contributed by atoms with Crippen molar-refractivity contribution in [3.05, 3.63) is 17.0 Å². The van der Waals surface area contributed by atoms with Crippen molar-refractivity contribution in [3.63, 3.8) is 0 Å². The van der Waals surface area contributed by atoms with E-state index in [4.69, 9.17) is 4.52 Å². The van der Waals surface area contributed by atoms with Crippen LogP contribution in [0, 0.1) is 13.8 Å². The molecule has 0 atom stereocenters. The standard InChI is InChI=1S/C13H22N4O2/c1-10-12(11(2)19-15-10)8-16(3)13(18)9-17-6-4-14-5-7-17/h14H,4-9H2,1-3H3. The number of aryl methyl sites for hydroxylation is 2. The molecule has 0 spiro atoms. The van der Waals surface area contributed by atoms with Gasteiger partial charge >= 0.3 is 0 Å². The summed E-state index contributed by atoms with van der Waals surface area (Å²) in [6.45, 7) is 8.62. The van der Waals surface area contributed by atoms with E-state index in [0.29, 0.717) is 13.1 Å². The van der Waals surface area contributed by atoms with Crippen LogP contribution >= 0.6 is 0 Å². The molecule has 106 valence electrons. The Morgan fingerprint density at radius 1 is 1.42 bits per heavy atom. The lowest BCUT2D eigenvalue weighted by Crippen LogP contribution is -2.47. The number of piperazine rings is 1. The Balaban J connectivity index is 1.88. The van der Waals surface area contributed by atoms with Crippen molar-refractivity contribution in [2.75, 3.05) is 39.8 Å². The minimum Gasteiger partial charge on any atom is -0.361 e. The van der Waals surface area contributed by atoms with Crippen LogP contribution in [0.3, 0.4) is 0 Å². The summed E-state index contributed by atoms with van der Waals surface area (Å²) in [6, 6.07) is 0. The third-order valence-corrected chi connectivity index (χ3v) is 3.57. The van der Waals surface area contributed by atoms with Gasteiger partial charge < -0.3 is 14.7 Å². The van der Waals surface area contributed by atoms with E-state index in [0.717, 1.165) is 43.2 Å². The minimum atomic E-state index is 0.141. The molecule has 6 nitrogen and oxygen atoms in total. The van der Waals surface area contributed by atoms with E-state index in [9.17, 15) is 4.79 Å². The predicted molar refractivity (Wildman–Crippen MR) is 71.8 cm³/mol. The SMILES string of the molecule is Cc1noc(C)c1CN(C)C(=O)CN1CCNCC1. The van der Waals surface area contributed by atoms with Crippen LogP contribution in [0.1, 0.15) is 17.0 Å². The number of likely N-dealkylation sites (N-methyl/N-ethyl adjacent to an activating group) is 1. The molecule has 0 unspecified atom stereocenters. The van der Waals surface area contributed by atoms with Crippen LogP contribution in [0.5, 0.6) is 0 Å². The fraction of sp³-hybridized carbons (Fsp3) is 0.692. The maximum Gasteiger partial charge on any atom is 0.236 e. The Morgan fingerprint density at radius 2 is 2.11 bits per heavy atom.